The van der Waals surface area contributed by atoms with Crippen LogP contribution in [0, 0.1) is 24.1 Å². The molecule has 0 aromatic heterocycles. The quantitative estimate of drug-likeness (QED) is 0.319. The van der Waals surface area contributed by atoms with Crippen LogP contribution in [0.4, 0.5) is 17.6 Å². The van der Waals surface area contributed by atoms with Crippen LogP contribution in [-0.4, -0.2) is 26.5 Å². The highest BCUT2D eigenvalue weighted by Crippen LogP contribution is 2.39. The van der Waals surface area contributed by atoms with Gasteiger partial charge in [-0.2, -0.15) is 26.9 Å². The third kappa shape index (κ3) is 4.01. The van der Waals surface area contributed by atoms with Crippen molar-refractivity contribution in [1.82, 2.24) is 0 Å². The fraction of sp³-hybridized carbons (Fsp3) is 0.294. The van der Waals surface area contributed by atoms with Gasteiger partial charge in [0.05, 0.1) is 24.7 Å². The summed E-state index contributed by atoms with van der Waals surface area (Å²) in [5, 5.41) is 8.28. The Morgan fingerprint density at radius 3 is 2.43 bits per heavy atom. The minimum Gasteiger partial charge on any atom is -0.466 e. The molecular weight excluding hydrogens is 406 g/mol. The number of nitrogens with zero attached hydrogens (tertiary/aromatic N) is 1. The highest BCUT2D eigenvalue weighted by Gasteiger charge is 2.49. The molecule has 0 spiro atoms. The summed E-state index contributed by atoms with van der Waals surface area (Å²) in [7, 11) is -6.10. The molecule has 6 nitrogen and oxygen atoms in total. The number of carbonyl (C=O) groups excluding carboxylic acids is 1. The first kappa shape index (κ1) is 21.4. The summed E-state index contributed by atoms with van der Waals surface area (Å²) in [6.45, 7) is 2.59. The van der Waals surface area contributed by atoms with Crippen molar-refractivity contribution in [1.29, 1.82) is 5.26 Å². The van der Waals surface area contributed by atoms with E-state index in [9.17, 15) is 30.8 Å². The molecule has 0 radical (unpaired) electrons. The molecule has 0 unspecified atom stereocenters. The second-order valence-electron chi connectivity index (χ2n) is 5.58. The molecule has 0 aliphatic heterocycles. The largest absolute Gasteiger partial charge is 0.534 e. The Labute approximate surface area is 157 Å². The predicted molar refractivity (Wildman–Crippen MR) is 89.3 cm³/mol. The molecule has 0 heterocycles. The molecule has 0 N–H and O–H groups in total. The fourth-order valence-corrected chi connectivity index (χ4v) is 2.99. The van der Waals surface area contributed by atoms with Gasteiger partial charge in [-0.15, -0.1) is 0 Å². The summed E-state index contributed by atoms with van der Waals surface area (Å²) in [5.74, 6) is -2.68. The van der Waals surface area contributed by atoms with E-state index in [1.807, 2.05) is 0 Å². The Kier molecular flexibility index (Phi) is 5.84. The van der Waals surface area contributed by atoms with Gasteiger partial charge in [0.2, 0.25) is 0 Å². The van der Waals surface area contributed by atoms with Crippen LogP contribution in [0.15, 0.2) is 18.2 Å². The number of rotatable bonds is 5. The van der Waals surface area contributed by atoms with Crippen molar-refractivity contribution >= 4 is 26.9 Å². The van der Waals surface area contributed by atoms with Crippen molar-refractivity contribution in [2.75, 3.05) is 6.61 Å². The van der Waals surface area contributed by atoms with Crippen LogP contribution >= 0.6 is 0 Å². The molecule has 0 bridgehead atoms. The van der Waals surface area contributed by atoms with Gasteiger partial charge in [-0.1, -0.05) is 0 Å². The molecule has 0 aliphatic carbocycles. The van der Waals surface area contributed by atoms with E-state index < -0.39 is 45.1 Å². The maximum absolute atomic E-state index is 14.8. The number of ether oxygens (including phenoxy) is 1. The normalized spacial score (nSPS) is 11.9. The van der Waals surface area contributed by atoms with Gasteiger partial charge in [0.15, 0.2) is 5.75 Å². The topological polar surface area (TPSA) is 93.5 Å². The standard InChI is InChI=1S/C17H13F4NO5S/c1-3-26-14(23)7-12-9(2)15(18)13-6-10(8-22)4-5-11(13)16(12)27-28(24,25)17(19,20)21/h4-6H,3,7H2,1-2H3. The molecule has 2 aromatic rings. The monoisotopic (exact) mass is 419 g/mol. The summed E-state index contributed by atoms with van der Waals surface area (Å²) >= 11 is 0. The molecule has 2 rings (SSSR count). The first-order valence-corrected chi connectivity index (χ1v) is 9.15. The zero-order valence-electron chi connectivity index (χ0n) is 14.6. The molecule has 0 saturated heterocycles. The molecule has 0 atom stereocenters. The number of benzene rings is 2. The molecule has 28 heavy (non-hydrogen) atoms. The van der Waals surface area contributed by atoms with Gasteiger partial charge in [-0.05, 0) is 37.6 Å². The van der Waals surface area contributed by atoms with Crippen LogP contribution < -0.4 is 4.18 Å². The molecule has 0 fully saturated rings. The Bertz CT molecular complexity index is 1090. The SMILES string of the molecule is CCOC(=O)Cc1c(C)c(F)c2cc(C#N)ccc2c1OS(=O)(=O)C(F)(F)F. The molecule has 0 amide bonds. The molecule has 11 heteroatoms. The predicted octanol–water partition coefficient (Wildman–Crippen LogP) is 3.49. The fourth-order valence-electron chi connectivity index (χ4n) is 2.48. The van der Waals surface area contributed by atoms with E-state index in [-0.39, 0.29) is 28.5 Å². The zero-order chi connectivity index (χ0) is 21.3. The van der Waals surface area contributed by atoms with E-state index in [4.69, 9.17) is 10.00 Å². The van der Waals surface area contributed by atoms with Crippen molar-refractivity contribution in [3.63, 3.8) is 0 Å². The van der Waals surface area contributed by atoms with Gasteiger partial charge >= 0.3 is 21.6 Å². The third-order valence-electron chi connectivity index (χ3n) is 3.79. The summed E-state index contributed by atoms with van der Waals surface area (Å²) in [5.41, 5.74) is -6.45. The van der Waals surface area contributed by atoms with E-state index in [1.165, 1.54) is 6.92 Å². The van der Waals surface area contributed by atoms with Crippen LogP contribution in [0.1, 0.15) is 23.6 Å². The number of carbonyl (C=O) groups is 1. The van der Waals surface area contributed by atoms with Gasteiger partial charge in [0.1, 0.15) is 5.82 Å². The van der Waals surface area contributed by atoms with Crippen LogP contribution in [0.3, 0.4) is 0 Å². The zero-order valence-corrected chi connectivity index (χ0v) is 15.4. The van der Waals surface area contributed by atoms with Crippen LogP contribution in [0.5, 0.6) is 5.75 Å². The third-order valence-corrected chi connectivity index (χ3v) is 4.74. The number of hydrogen-bond acceptors (Lipinski definition) is 6. The van der Waals surface area contributed by atoms with Gasteiger partial charge in [0, 0.05) is 16.3 Å². The number of fused-ring (bicyclic) bond motifs is 1. The van der Waals surface area contributed by atoms with E-state index in [0.717, 1.165) is 25.1 Å². The lowest BCUT2D eigenvalue weighted by Crippen LogP contribution is -2.29. The van der Waals surface area contributed by atoms with E-state index in [1.54, 1.807) is 6.07 Å². The lowest BCUT2D eigenvalue weighted by molar-refractivity contribution is -0.142. The first-order chi connectivity index (χ1) is 12.9. The maximum atomic E-state index is 14.8. The highest BCUT2D eigenvalue weighted by atomic mass is 32.2. The molecule has 0 saturated carbocycles. The van der Waals surface area contributed by atoms with Crippen molar-refractivity contribution < 1.29 is 39.7 Å². The lowest BCUT2D eigenvalue weighted by Gasteiger charge is -2.18. The molecular formula is C17H13F4NO5S. The second kappa shape index (κ2) is 7.63. The summed E-state index contributed by atoms with van der Waals surface area (Å²) in [6, 6.07) is 4.98. The van der Waals surface area contributed by atoms with Crippen molar-refractivity contribution in [3.8, 4) is 11.8 Å². The summed E-state index contributed by atoms with van der Waals surface area (Å²) in [4.78, 5) is 11.8. The van der Waals surface area contributed by atoms with Gasteiger partial charge in [0.25, 0.3) is 0 Å². The molecule has 150 valence electrons. The van der Waals surface area contributed by atoms with Crippen LogP contribution in [0.2, 0.25) is 0 Å². The van der Waals surface area contributed by atoms with Crippen molar-refractivity contribution in [2.24, 2.45) is 0 Å². The summed E-state index contributed by atoms with van der Waals surface area (Å²) < 4.78 is 85.3. The van der Waals surface area contributed by atoms with Crippen molar-refractivity contribution in [2.45, 2.75) is 25.8 Å². The van der Waals surface area contributed by atoms with Gasteiger partial charge in [-0.3, -0.25) is 4.79 Å². The van der Waals surface area contributed by atoms with Gasteiger partial charge < -0.3 is 8.92 Å². The first-order valence-electron chi connectivity index (χ1n) is 7.74. The van der Waals surface area contributed by atoms with E-state index in [0.29, 0.717) is 0 Å². The van der Waals surface area contributed by atoms with E-state index in [2.05, 4.69) is 4.18 Å². The molecule has 0 aliphatic rings. The Hall–Kier alpha value is -2.87. The average molecular weight is 419 g/mol. The number of nitriles is 1. The highest BCUT2D eigenvalue weighted by molar-refractivity contribution is 7.88. The Morgan fingerprint density at radius 1 is 1.25 bits per heavy atom. The summed E-state index contributed by atoms with van der Waals surface area (Å²) in [6.07, 6.45) is -0.713. The lowest BCUT2D eigenvalue weighted by atomic mass is 9.96. The number of alkyl halides is 3. The van der Waals surface area contributed by atoms with Crippen LogP contribution in [0.25, 0.3) is 10.8 Å². The molecule has 2 aromatic carbocycles. The number of esters is 1. The Morgan fingerprint density at radius 2 is 1.89 bits per heavy atom. The maximum Gasteiger partial charge on any atom is 0.534 e. The van der Waals surface area contributed by atoms with Gasteiger partial charge in [-0.25, -0.2) is 4.39 Å². The second-order valence-corrected chi connectivity index (χ2v) is 7.12. The van der Waals surface area contributed by atoms with Crippen LogP contribution in [-0.2, 0) is 26.1 Å². The average Bonchev–Trinajstić information content (AvgIpc) is 2.61. The smallest absolute Gasteiger partial charge is 0.466 e. The van der Waals surface area contributed by atoms with Crippen molar-refractivity contribution in [3.05, 3.63) is 40.7 Å². The van der Waals surface area contributed by atoms with E-state index >= 15 is 0 Å². The number of halogens is 4. The number of hydrogen-bond donors (Lipinski definition) is 0. The minimum atomic E-state index is -6.10. The minimum absolute atomic E-state index is 0.00595. The Balaban J connectivity index is 2.83.